The molecule has 2 aromatic rings. The lowest BCUT2D eigenvalue weighted by Crippen LogP contribution is -2.30. The molecule has 7 heteroatoms. The van der Waals surface area contributed by atoms with Crippen molar-refractivity contribution in [2.24, 2.45) is 0 Å². The van der Waals surface area contributed by atoms with Gasteiger partial charge in [0.15, 0.2) is 11.5 Å². The van der Waals surface area contributed by atoms with Crippen molar-refractivity contribution < 1.29 is 23.5 Å². The van der Waals surface area contributed by atoms with E-state index in [0.717, 1.165) is 0 Å². The van der Waals surface area contributed by atoms with Gasteiger partial charge in [0.1, 0.15) is 5.82 Å². The average molecular weight is 388 g/mol. The highest BCUT2D eigenvalue weighted by atomic mass is 19.1. The maximum absolute atomic E-state index is 13.1. The van der Waals surface area contributed by atoms with Gasteiger partial charge in [0.25, 0.3) is 11.8 Å². The number of ether oxygens (including phenoxy) is 2. The summed E-state index contributed by atoms with van der Waals surface area (Å²) in [6.07, 6.45) is 0.544. The van der Waals surface area contributed by atoms with E-state index in [4.69, 9.17) is 9.47 Å². The molecule has 0 aliphatic heterocycles. The molecule has 0 fully saturated rings. The van der Waals surface area contributed by atoms with Gasteiger partial charge in [-0.25, -0.2) is 4.39 Å². The molecule has 0 aliphatic rings. The van der Waals surface area contributed by atoms with Crippen LogP contribution in [-0.2, 0) is 0 Å². The first kappa shape index (κ1) is 21.2. The molecule has 0 aliphatic carbocycles. The van der Waals surface area contributed by atoms with E-state index in [-0.39, 0.29) is 17.4 Å². The van der Waals surface area contributed by atoms with Gasteiger partial charge in [0.05, 0.1) is 13.2 Å². The van der Waals surface area contributed by atoms with Gasteiger partial charge < -0.3 is 20.1 Å². The van der Waals surface area contributed by atoms with Crippen LogP contribution < -0.4 is 20.1 Å². The van der Waals surface area contributed by atoms with Crippen LogP contribution in [0, 0.1) is 5.82 Å². The molecule has 0 heterocycles. The first-order valence-electron chi connectivity index (χ1n) is 9.26. The highest BCUT2D eigenvalue weighted by molar-refractivity contribution is 5.95. The minimum Gasteiger partial charge on any atom is -0.490 e. The van der Waals surface area contributed by atoms with Crippen LogP contribution in [0.2, 0.25) is 0 Å². The molecule has 0 saturated carbocycles. The highest BCUT2D eigenvalue weighted by Gasteiger charge is 2.11. The van der Waals surface area contributed by atoms with Crippen molar-refractivity contribution in [1.82, 2.24) is 10.6 Å². The summed E-state index contributed by atoms with van der Waals surface area (Å²) in [6, 6.07) is 10.5. The maximum Gasteiger partial charge on any atom is 0.251 e. The van der Waals surface area contributed by atoms with Crippen LogP contribution in [0.4, 0.5) is 4.39 Å². The molecule has 28 heavy (non-hydrogen) atoms. The van der Waals surface area contributed by atoms with Gasteiger partial charge in [0.2, 0.25) is 0 Å². The standard InChI is InChI=1S/C21H25FN2O4/c1-3-27-18-10-9-16(14-19(18)28-4-2)21(26)24-12-6-11-23-20(25)15-7-5-8-17(22)13-15/h5,7-10,13-14H,3-4,6,11-12H2,1-2H3,(H,23,25)(H,24,26). The summed E-state index contributed by atoms with van der Waals surface area (Å²) in [7, 11) is 0. The monoisotopic (exact) mass is 388 g/mol. The normalized spacial score (nSPS) is 10.2. The van der Waals surface area contributed by atoms with Crippen molar-refractivity contribution in [3.05, 3.63) is 59.4 Å². The van der Waals surface area contributed by atoms with E-state index in [2.05, 4.69) is 10.6 Å². The minimum atomic E-state index is -0.457. The van der Waals surface area contributed by atoms with Gasteiger partial charge in [-0.1, -0.05) is 6.07 Å². The molecule has 0 bridgehead atoms. The van der Waals surface area contributed by atoms with E-state index in [0.29, 0.717) is 49.8 Å². The summed E-state index contributed by atoms with van der Waals surface area (Å²) in [5.74, 6) is 0.0844. The fraction of sp³-hybridized carbons (Fsp3) is 0.333. The van der Waals surface area contributed by atoms with Gasteiger partial charge in [0, 0.05) is 24.2 Å². The Labute approximate surface area is 164 Å². The predicted octanol–water partition coefficient (Wildman–Crippen LogP) is 3.17. The second-order valence-corrected chi connectivity index (χ2v) is 5.90. The Kier molecular flexibility index (Phi) is 8.27. The summed E-state index contributed by atoms with van der Waals surface area (Å²) in [5, 5.41) is 5.49. The topological polar surface area (TPSA) is 76.7 Å². The van der Waals surface area contributed by atoms with Crippen LogP contribution in [0.3, 0.4) is 0 Å². The molecule has 0 unspecified atom stereocenters. The lowest BCUT2D eigenvalue weighted by Gasteiger charge is -2.12. The van der Waals surface area contributed by atoms with Crippen molar-refractivity contribution in [2.75, 3.05) is 26.3 Å². The first-order valence-corrected chi connectivity index (χ1v) is 9.26. The summed E-state index contributed by atoms with van der Waals surface area (Å²) < 4.78 is 24.1. The summed E-state index contributed by atoms with van der Waals surface area (Å²) in [4.78, 5) is 24.2. The Morgan fingerprint density at radius 2 is 1.46 bits per heavy atom. The number of carbonyl (C=O) groups is 2. The molecule has 2 N–H and O–H groups in total. The summed E-state index contributed by atoms with van der Waals surface area (Å²) in [5.41, 5.74) is 0.734. The fourth-order valence-electron chi connectivity index (χ4n) is 2.52. The smallest absolute Gasteiger partial charge is 0.251 e. The zero-order valence-electron chi connectivity index (χ0n) is 16.1. The molecule has 0 saturated heterocycles. The zero-order valence-corrected chi connectivity index (χ0v) is 16.1. The van der Waals surface area contributed by atoms with Gasteiger partial charge >= 0.3 is 0 Å². The fourth-order valence-corrected chi connectivity index (χ4v) is 2.52. The third-order valence-electron chi connectivity index (χ3n) is 3.82. The average Bonchev–Trinajstić information content (AvgIpc) is 2.69. The van der Waals surface area contributed by atoms with Crippen molar-refractivity contribution >= 4 is 11.8 Å². The molecule has 6 nitrogen and oxygen atoms in total. The van der Waals surface area contributed by atoms with Crippen molar-refractivity contribution in [1.29, 1.82) is 0 Å². The predicted molar refractivity (Wildman–Crippen MR) is 104 cm³/mol. The first-order chi connectivity index (χ1) is 13.5. The molecule has 2 rings (SSSR count). The lowest BCUT2D eigenvalue weighted by atomic mass is 10.2. The second-order valence-electron chi connectivity index (χ2n) is 5.90. The Morgan fingerprint density at radius 1 is 0.857 bits per heavy atom. The SMILES string of the molecule is CCOc1ccc(C(=O)NCCCNC(=O)c2cccc(F)c2)cc1OCC. The van der Waals surface area contributed by atoms with Gasteiger partial charge in [-0.3, -0.25) is 9.59 Å². The van der Waals surface area contributed by atoms with E-state index in [9.17, 15) is 14.0 Å². The second kappa shape index (κ2) is 10.9. The molecule has 2 aromatic carbocycles. The number of hydrogen-bond acceptors (Lipinski definition) is 4. The number of carbonyl (C=O) groups excluding carboxylic acids is 2. The van der Waals surface area contributed by atoms with Crippen molar-refractivity contribution in [2.45, 2.75) is 20.3 Å². The summed E-state index contributed by atoms with van der Waals surface area (Å²) in [6.45, 7) is 5.47. The van der Waals surface area contributed by atoms with Crippen LogP contribution in [0.1, 0.15) is 41.0 Å². The largest absolute Gasteiger partial charge is 0.490 e. The molecule has 0 atom stereocenters. The Morgan fingerprint density at radius 3 is 2.07 bits per heavy atom. The number of rotatable bonds is 10. The van der Waals surface area contributed by atoms with Crippen LogP contribution >= 0.6 is 0 Å². The van der Waals surface area contributed by atoms with E-state index >= 15 is 0 Å². The zero-order chi connectivity index (χ0) is 20.4. The van der Waals surface area contributed by atoms with E-state index in [1.807, 2.05) is 13.8 Å². The van der Waals surface area contributed by atoms with Gasteiger partial charge in [-0.2, -0.15) is 0 Å². The Balaban J connectivity index is 1.79. The quantitative estimate of drug-likeness (QED) is 0.613. The van der Waals surface area contributed by atoms with Crippen LogP contribution in [0.25, 0.3) is 0 Å². The molecule has 2 amide bonds. The lowest BCUT2D eigenvalue weighted by molar-refractivity contribution is 0.0951. The highest BCUT2D eigenvalue weighted by Crippen LogP contribution is 2.28. The molecular weight excluding hydrogens is 363 g/mol. The summed E-state index contributed by atoms with van der Waals surface area (Å²) >= 11 is 0. The number of benzene rings is 2. The number of nitrogens with one attached hydrogen (secondary N) is 2. The minimum absolute atomic E-state index is 0.236. The Hall–Kier alpha value is -3.09. The van der Waals surface area contributed by atoms with Crippen molar-refractivity contribution in [3.8, 4) is 11.5 Å². The molecule has 0 radical (unpaired) electrons. The van der Waals surface area contributed by atoms with Crippen molar-refractivity contribution in [3.63, 3.8) is 0 Å². The van der Waals surface area contributed by atoms with E-state index in [1.54, 1.807) is 24.3 Å². The number of hydrogen-bond donors (Lipinski definition) is 2. The van der Waals surface area contributed by atoms with Gasteiger partial charge in [-0.15, -0.1) is 0 Å². The number of amides is 2. The van der Waals surface area contributed by atoms with E-state index in [1.165, 1.54) is 18.2 Å². The maximum atomic E-state index is 13.1. The van der Waals surface area contributed by atoms with Crippen LogP contribution in [-0.4, -0.2) is 38.1 Å². The number of halogens is 1. The molecule has 150 valence electrons. The molecule has 0 aromatic heterocycles. The molecular formula is C21H25FN2O4. The third-order valence-corrected chi connectivity index (χ3v) is 3.82. The molecule has 0 spiro atoms. The Bertz CT molecular complexity index is 811. The van der Waals surface area contributed by atoms with E-state index < -0.39 is 5.82 Å². The van der Waals surface area contributed by atoms with Crippen LogP contribution in [0.15, 0.2) is 42.5 Å². The van der Waals surface area contributed by atoms with Gasteiger partial charge in [-0.05, 0) is 56.7 Å². The third kappa shape index (κ3) is 6.26. The van der Waals surface area contributed by atoms with Crippen LogP contribution in [0.5, 0.6) is 11.5 Å².